The molecule has 5 heteroatoms. The molecule has 1 aromatic rings. The Morgan fingerprint density at radius 1 is 1.21 bits per heavy atom. The minimum absolute atomic E-state index is 0.0849. The van der Waals surface area contributed by atoms with Crippen LogP contribution in [0.5, 0.6) is 0 Å². The number of alkyl carbamates (subject to hydrolysis) is 1. The smallest absolute Gasteiger partial charge is 0.407 e. The first-order valence-corrected chi connectivity index (χ1v) is 6.32. The van der Waals surface area contributed by atoms with E-state index in [1.807, 2.05) is 44.2 Å². The predicted octanol–water partition coefficient (Wildman–Crippen LogP) is 1.83. The van der Waals surface area contributed by atoms with Crippen LogP contribution in [0.4, 0.5) is 4.79 Å². The van der Waals surface area contributed by atoms with E-state index in [0.717, 1.165) is 5.56 Å². The molecular formula is C14H20N2O3. The number of hydrogen-bond acceptors (Lipinski definition) is 3. The molecule has 0 heterocycles. The fraction of sp³-hybridized carbons (Fsp3) is 0.429. The lowest BCUT2D eigenvalue weighted by Gasteiger charge is -2.09. The first kappa shape index (κ1) is 15.0. The van der Waals surface area contributed by atoms with Gasteiger partial charge in [0.15, 0.2) is 0 Å². The van der Waals surface area contributed by atoms with E-state index < -0.39 is 6.09 Å². The molecule has 2 N–H and O–H groups in total. The van der Waals surface area contributed by atoms with Gasteiger partial charge < -0.3 is 15.4 Å². The zero-order valence-corrected chi connectivity index (χ0v) is 11.3. The van der Waals surface area contributed by atoms with E-state index in [4.69, 9.17) is 4.74 Å². The van der Waals surface area contributed by atoms with Crippen molar-refractivity contribution >= 4 is 12.0 Å². The van der Waals surface area contributed by atoms with Crippen molar-refractivity contribution in [2.75, 3.05) is 6.54 Å². The summed E-state index contributed by atoms with van der Waals surface area (Å²) in [6.07, 6.45) is -0.264. The third kappa shape index (κ3) is 7.08. The second-order valence-corrected chi connectivity index (χ2v) is 4.46. The maximum atomic E-state index is 11.4. The van der Waals surface area contributed by atoms with E-state index in [1.165, 1.54) is 0 Å². The largest absolute Gasteiger partial charge is 0.445 e. The predicted molar refractivity (Wildman–Crippen MR) is 72.5 cm³/mol. The van der Waals surface area contributed by atoms with Crippen LogP contribution >= 0.6 is 0 Å². The van der Waals surface area contributed by atoms with Gasteiger partial charge in [-0.25, -0.2) is 4.79 Å². The molecule has 0 aliphatic carbocycles. The molecule has 2 amide bonds. The van der Waals surface area contributed by atoms with Crippen LogP contribution in [-0.4, -0.2) is 24.6 Å². The first-order valence-electron chi connectivity index (χ1n) is 6.32. The van der Waals surface area contributed by atoms with E-state index in [9.17, 15) is 9.59 Å². The van der Waals surface area contributed by atoms with Gasteiger partial charge in [0, 0.05) is 19.0 Å². The molecule has 0 atom stereocenters. The molecule has 0 spiro atoms. The van der Waals surface area contributed by atoms with Gasteiger partial charge in [-0.3, -0.25) is 4.79 Å². The Morgan fingerprint density at radius 2 is 1.89 bits per heavy atom. The Hall–Kier alpha value is -2.04. The van der Waals surface area contributed by atoms with Gasteiger partial charge in [0.05, 0.1) is 0 Å². The van der Waals surface area contributed by atoms with E-state index in [1.54, 1.807) is 0 Å². The normalized spacial score (nSPS) is 10.1. The van der Waals surface area contributed by atoms with Crippen molar-refractivity contribution < 1.29 is 14.3 Å². The molecule has 0 bridgehead atoms. The fourth-order valence-corrected chi connectivity index (χ4v) is 1.45. The Bertz CT molecular complexity index is 404. The Morgan fingerprint density at radius 3 is 2.53 bits per heavy atom. The van der Waals surface area contributed by atoms with Crippen LogP contribution in [0.2, 0.25) is 0 Å². The number of amides is 2. The number of carbonyl (C=O) groups is 2. The van der Waals surface area contributed by atoms with Crippen LogP contribution in [0.15, 0.2) is 30.3 Å². The van der Waals surface area contributed by atoms with E-state index >= 15 is 0 Å². The number of carbonyl (C=O) groups excluding carboxylic acids is 2. The van der Waals surface area contributed by atoms with E-state index in [0.29, 0.717) is 0 Å². The average molecular weight is 264 g/mol. The summed E-state index contributed by atoms with van der Waals surface area (Å²) in [4.78, 5) is 22.7. The number of nitrogens with one attached hydrogen (secondary N) is 2. The van der Waals surface area contributed by atoms with Gasteiger partial charge in [-0.15, -0.1) is 0 Å². The van der Waals surface area contributed by atoms with E-state index in [-0.39, 0.29) is 31.5 Å². The standard InChI is InChI=1S/C14H20N2O3/c1-11(2)16-13(17)8-9-15-14(18)19-10-12-6-4-3-5-7-12/h3-7,11H,8-10H2,1-2H3,(H,15,18)(H,16,17). The molecule has 0 saturated heterocycles. The highest BCUT2D eigenvalue weighted by Gasteiger charge is 2.05. The second-order valence-electron chi connectivity index (χ2n) is 4.46. The summed E-state index contributed by atoms with van der Waals surface area (Å²) in [6.45, 7) is 4.27. The molecule has 0 saturated carbocycles. The van der Waals surface area contributed by atoms with Crippen LogP contribution in [-0.2, 0) is 16.1 Å². The lowest BCUT2D eigenvalue weighted by Crippen LogP contribution is -2.34. The fourth-order valence-electron chi connectivity index (χ4n) is 1.45. The summed E-state index contributed by atoms with van der Waals surface area (Å²) in [5.74, 6) is -0.0849. The van der Waals surface area contributed by atoms with Crippen molar-refractivity contribution in [1.82, 2.24) is 10.6 Å². The van der Waals surface area contributed by atoms with Crippen LogP contribution < -0.4 is 10.6 Å². The van der Waals surface area contributed by atoms with Gasteiger partial charge in [-0.2, -0.15) is 0 Å². The third-order valence-corrected chi connectivity index (χ3v) is 2.28. The van der Waals surface area contributed by atoms with Crippen molar-refractivity contribution in [3.05, 3.63) is 35.9 Å². The maximum absolute atomic E-state index is 11.4. The van der Waals surface area contributed by atoms with Gasteiger partial charge in [-0.05, 0) is 19.4 Å². The summed E-state index contributed by atoms with van der Waals surface area (Å²) in [5, 5.41) is 5.28. The number of hydrogen-bond donors (Lipinski definition) is 2. The molecule has 0 aliphatic heterocycles. The Labute approximate surface area is 113 Å². The molecule has 0 radical (unpaired) electrons. The highest BCUT2D eigenvalue weighted by Crippen LogP contribution is 2.00. The maximum Gasteiger partial charge on any atom is 0.407 e. The highest BCUT2D eigenvalue weighted by atomic mass is 16.5. The zero-order chi connectivity index (χ0) is 14.1. The molecule has 1 rings (SSSR count). The topological polar surface area (TPSA) is 67.4 Å². The van der Waals surface area contributed by atoms with Crippen molar-refractivity contribution in [1.29, 1.82) is 0 Å². The summed E-state index contributed by atoms with van der Waals surface area (Å²) in [6, 6.07) is 9.53. The van der Waals surface area contributed by atoms with Crippen molar-refractivity contribution in [2.45, 2.75) is 32.9 Å². The summed E-state index contributed by atoms with van der Waals surface area (Å²) < 4.78 is 5.01. The minimum atomic E-state index is -0.513. The SMILES string of the molecule is CC(C)NC(=O)CCNC(=O)OCc1ccccc1. The van der Waals surface area contributed by atoms with Gasteiger partial charge in [0.2, 0.25) is 5.91 Å². The van der Waals surface area contributed by atoms with Crippen molar-refractivity contribution in [3.63, 3.8) is 0 Å². The number of ether oxygens (including phenoxy) is 1. The Kier molecular flexibility index (Phi) is 6.43. The lowest BCUT2D eigenvalue weighted by molar-refractivity contribution is -0.121. The van der Waals surface area contributed by atoms with Gasteiger partial charge >= 0.3 is 6.09 Å². The molecule has 0 aromatic heterocycles. The number of rotatable bonds is 6. The highest BCUT2D eigenvalue weighted by molar-refractivity contribution is 5.77. The monoisotopic (exact) mass is 264 g/mol. The van der Waals surface area contributed by atoms with Crippen LogP contribution in [0.1, 0.15) is 25.8 Å². The molecule has 1 aromatic carbocycles. The lowest BCUT2D eigenvalue weighted by atomic mass is 10.2. The molecule has 0 aliphatic rings. The summed E-state index contributed by atoms with van der Waals surface area (Å²) in [5.41, 5.74) is 0.926. The average Bonchev–Trinajstić information content (AvgIpc) is 2.36. The third-order valence-electron chi connectivity index (χ3n) is 2.28. The first-order chi connectivity index (χ1) is 9.08. The van der Waals surface area contributed by atoms with Crippen LogP contribution in [0.3, 0.4) is 0 Å². The quantitative estimate of drug-likeness (QED) is 0.823. The minimum Gasteiger partial charge on any atom is -0.445 e. The second kappa shape index (κ2) is 8.13. The number of benzene rings is 1. The van der Waals surface area contributed by atoms with Gasteiger partial charge in [-0.1, -0.05) is 30.3 Å². The molecule has 0 fully saturated rings. The molecule has 5 nitrogen and oxygen atoms in total. The zero-order valence-electron chi connectivity index (χ0n) is 11.3. The van der Waals surface area contributed by atoms with E-state index in [2.05, 4.69) is 10.6 Å². The van der Waals surface area contributed by atoms with Crippen molar-refractivity contribution in [3.8, 4) is 0 Å². The molecule has 104 valence electrons. The van der Waals surface area contributed by atoms with Gasteiger partial charge in [0.1, 0.15) is 6.61 Å². The molecule has 0 unspecified atom stereocenters. The molecular weight excluding hydrogens is 244 g/mol. The Balaban J connectivity index is 2.13. The van der Waals surface area contributed by atoms with Crippen molar-refractivity contribution in [2.24, 2.45) is 0 Å². The summed E-state index contributed by atoms with van der Waals surface area (Å²) in [7, 11) is 0. The van der Waals surface area contributed by atoms with Crippen LogP contribution in [0.25, 0.3) is 0 Å². The summed E-state index contributed by atoms with van der Waals surface area (Å²) >= 11 is 0. The van der Waals surface area contributed by atoms with Crippen LogP contribution in [0, 0.1) is 0 Å². The molecule has 19 heavy (non-hydrogen) atoms. The van der Waals surface area contributed by atoms with Gasteiger partial charge in [0.25, 0.3) is 0 Å².